The van der Waals surface area contributed by atoms with Crippen LogP contribution in [-0.2, 0) is 4.79 Å². The van der Waals surface area contributed by atoms with Crippen LogP contribution in [0.4, 0.5) is 11.4 Å². The number of hydrogen-bond acceptors (Lipinski definition) is 5. The van der Waals surface area contributed by atoms with Crippen molar-refractivity contribution in [1.29, 1.82) is 0 Å². The first-order valence-corrected chi connectivity index (χ1v) is 10.6. The van der Waals surface area contributed by atoms with Gasteiger partial charge in [-0.15, -0.1) is 11.8 Å². The lowest BCUT2D eigenvalue weighted by Gasteiger charge is -2.25. The van der Waals surface area contributed by atoms with Crippen LogP contribution in [0.3, 0.4) is 0 Å². The van der Waals surface area contributed by atoms with E-state index in [0.717, 1.165) is 0 Å². The van der Waals surface area contributed by atoms with Crippen molar-refractivity contribution >= 4 is 52.2 Å². The van der Waals surface area contributed by atoms with E-state index in [4.69, 9.17) is 27.9 Å². The Morgan fingerprint density at radius 2 is 1.63 bits per heavy atom. The van der Waals surface area contributed by atoms with E-state index in [9.17, 15) is 14.9 Å². The molecule has 1 fully saturated rings. The van der Waals surface area contributed by atoms with Crippen LogP contribution in [0.2, 0.25) is 10.0 Å². The molecule has 0 bridgehead atoms. The number of rotatable bonds is 5. The molecule has 6 nitrogen and oxygen atoms in total. The van der Waals surface area contributed by atoms with Gasteiger partial charge in [-0.3, -0.25) is 19.8 Å². The van der Waals surface area contributed by atoms with Crippen LogP contribution in [0.5, 0.6) is 11.5 Å². The third-order valence-corrected chi connectivity index (χ3v) is 6.28. The van der Waals surface area contributed by atoms with Crippen molar-refractivity contribution in [3.63, 3.8) is 0 Å². The van der Waals surface area contributed by atoms with Gasteiger partial charge in [-0.25, -0.2) is 0 Å². The minimum Gasteiger partial charge on any atom is -0.457 e. The molecule has 4 rings (SSSR count). The Labute approximate surface area is 186 Å². The number of ether oxygens (including phenoxy) is 1. The Balaban J connectivity index is 1.60. The molecule has 152 valence electrons. The Morgan fingerprint density at radius 3 is 2.27 bits per heavy atom. The quantitative estimate of drug-likeness (QED) is 0.322. The van der Waals surface area contributed by atoms with Crippen LogP contribution in [0.1, 0.15) is 10.9 Å². The van der Waals surface area contributed by atoms with Gasteiger partial charge < -0.3 is 4.74 Å². The third-order valence-electron chi connectivity index (χ3n) is 4.49. The summed E-state index contributed by atoms with van der Waals surface area (Å²) in [7, 11) is 0. The second-order valence-corrected chi connectivity index (χ2v) is 8.35. The highest BCUT2D eigenvalue weighted by molar-refractivity contribution is 8.00. The summed E-state index contributed by atoms with van der Waals surface area (Å²) in [6.07, 6.45) is 0. The third kappa shape index (κ3) is 4.23. The van der Waals surface area contributed by atoms with E-state index in [1.807, 2.05) is 0 Å². The van der Waals surface area contributed by atoms with Crippen molar-refractivity contribution in [2.24, 2.45) is 0 Å². The van der Waals surface area contributed by atoms with Crippen molar-refractivity contribution in [3.05, 3.63) is 92.5 Å². The molecule has 30 heavy (non-hydrogen) atoms. The normalized spacial score (nSPS) is 16.0. The highest BCUT2D eigenvalue weighted by atomic mass is 35.5. The molecule has 0 radical (unpaired) electrons. The number of anilines is 1. The number of nitro groups is 1. The topological polar surface area (TPSA) is 72.7 Å². The predicted octanol–water partition coefficient (Wildman–Crippen LogP) is 6.47. The maximum atomic E-state index is 12.6. The molecule has 0 N–H and O–H groups in total. The number of carbonyl (C=O) groups excluding carboxylic acids is 1. The van der Waals surface area contributed by atoms with Gasteiger partial charge in [0.1, 0.15) is 16.9 Å². The smallest absolute Gasteiger partial charge is 0.269 e. The summed E-state index contributed by atoms with van der Waals surface area (Å²) in [5.74, 6) is 1.40. The molecule has 1 atom stereocenters. The van der Waals surface area contributed by atoms with Crippen molar-refractivity contribution in [2.45, 2.75) is 5.37 Å². The Kier molecular flexibility index (Phi) is 5.85. The zero-order chi connectivity index (χ0) is 21.3. The molecular weight excluding hydrogens is 447 g/mol. The number of thioether (sulfide) groups is 1. The SMILES string of the molecule is O=C1CSC(c2cc([N+](=O)[O-])ccc2Cl)N1c1ccc(Oc2ccc(Cl)cc2)cc1. The number of nitrogens with zero attached hydrogens (tertiary/aromatic N) is 2. The number of non-ortho nitro benzene ring substituents is 1. The number of halogens is 2. The van der Waals surface area contributed by atoms with Gasteiger partial charge in [-0.1, -0.05) is 23.2 Å². The fourth-order valence-electron chi connectivity index (χ4n) is 3.08. The minimum absolute atomic E-state index is 0.0685. The molecule has 1 saturated heterocycles. The Hall–Kier alpha value is -2.74. The van der Waals surface area contributed by atoms with Crippen molar-refractivity contribution in [2.75, 3.05) is 10.7 Å². The van der Waals surface area contributed by atoms with Gasteiger partial charge >= 0.3 is 0 Å². The average Bonchev–Trinajstić information content (AvgIpc) is 3.11. The van der Waals surface area contributed by atoms with Gasteiger partial charge in [0, 0.05) is 33.4 Å². The summed E-state index contributed by atoms with van der Waals surface area (Å²) in [6, 6.07) is 18.3. The first-order chi connectivity index (χ1) is 14.4. The van der Waals surface area contributed by atoms with Crippen molar-refractivity contribution in [1.82, 2.24) is 0 Å². The molecule has 9 heteroatoms. The second-order valence-electron chi connectivity index (χ2n) is 6.44. The van der Waals surface area contributed by atoms with Gasteiger partial charge in [0.25, 0.3) is 5.69 Å². The lowest BCUT2D eigenvalue weighted by Crippen LogP contribution is -2.27. The number of hydrogen-bond donors (Lipinski definition) is 0. The zero-order valence-electron chi connectivity index (χ0n) is 15.3. The largest absolute Gasteiger partial charge is 0.457 e. The predicted molar refractivity (Wildman–Crippen MR) is 119 cm³/mol. The average molecular weight is 461 g/mol. The molecule has 3 aromatic carbocycles. The molecule has 3 aromatic rings. The van der Waals surface area contributed by atoms with Crippen LogP contribution >= 0.6 is 35.0 Å². The molecule has 0 saturated carbocycles. The fourth-order valence-corrected chi connectivity index (χ4v) is 4.69. The second kappa shape index (κ2) is 8.55. The van der Waals surface area contributed by atoms with E-state index in [1.54, 1.807) is 53.4 Å². The van der Waals surface area contributed by atoms with E-state index >= 15 is 0 Å². The Bertz CT molecular complexity index is 1110. The summed E-state index contributed by atoms with van der Waals surface area (Å²) in [5.41, 5.74) is 1.12. The lowest BCUT2D eigenvalue weighted by molar-refractivity contribution is -0.384. The first-order valence-electron chi connectivity index (χ1n) is 8.83. The highest BCUT2D eigenvalue weighted by Gasteiger charge is 2.36. The van der Waals surface area contributed by atoms with Crippen molar-refractivity contribution < 1.29 is 14.5 Å². The summed E-state index contributed by atoms with van der Waals surface area (Å²) in [4.78, 5) is 24.9. The molecule has 1 unspecified atom stereocenters. The Morgan fingerprint density at radius 1 is 1.00 bits per heavy atom. The first kappa shape index (κ1) is 20.5. The van der Waals surface area contributed by atoms with E-state index in [1.165, 1.54) is 30.0 Å². The summed E-state index contributed by atoms with van der Waals surface area (Å²) in [5, 5.41) is 11.7. The molecule has 1 aliphatic rings. The van der Waals surface area contributed by atoms with E-state index in [0.29, 0.717) is 32.8 Å². The standard InChI is InChI=1S/C21H14Cl2N2O4S/c22-13-1-6-16(7-2-13)29-17-8-3-14(4-9-17)24-20(26)12-30-21(24)18-11-15(25(27)28)5-10-19(18)23/h1-11,21H,12H2. The van der Waals surface area contributed by atoms with Gasteiger partial charge in [0.15, 0.2) is 0 Å². The van der Waals surface area contributed by atoms with E-state index in [2.05, 4.69) is 0 Å². The molecule has 1 amide bonds. The van der Waals surface area contributed by atoms with E-state index in [-0.39, 0.29) is 17.3 Å². The lowest BCUT2D eigenvalue weighted by atomic mass is 10.1. The number of benzene rings is 3. The van der Waals surface area contributed by atoms with Crippen LogP contribution in [-0.4, -0.2) is 16.6 Å². The number of nitro benzene ring substituents is 1. The van der Waals surface area contributed by atoms with Crippen molar-refractivity contribution in [3.8, 4) is 11.5 Å². The monoisotopic (exact) mass is 460 g/mol. The van der Waals surface area contributed by atoms with Gasteiger partial charge in [0.05, 0.1) is 10.7 Å². The van der Waals surface area contributed by atoms with Gasteiger partial charge in [-0.2, -0.15) is 0 Å². The maximum absolute atomic E-state index is 12.6. The zero-order valence-corrected chi connectivity index (χ0v) is 17.7. The van der Waals surface area contributed by atoms with Crippen LogP contribution in [0, 0.1) is 10.1 Å². The van der Waals surface area contributed by atoms with E-state index < -0.39 is 10.3 Å². The molecular formula is C21H14Cl2N2O4S. The molecule has 0 aromatic heterocycles. The van der Waals surface area contributed by atoms with Gasteiger partial charge in [-0.05, 0) is 54.6 Å². The summed E-state index contributed by atoms with van der Waals surface area (Å²) < 4.78 is 5.79. The van der Waals surface area contributed by atoms with Gasteiger partial charge in [0.2, 0.25) is 5.91 Å². The molecule has 0 spiro atoms. The number of carbonyl (C=O) groups is 1. The van der Waals surface area contributed by atoms with Crippen LogP contribution in [0.15, 0.2) is 66.7 Å². The highest BCUT2D eigenvalue weighted by Crippen LogP contribution is 2.45. The summed E-state index contributed by atoms with van der Waals surface area (Å²) >= 11 is 13.6. The van der Waals surface area contributed by atoms with Crippen LogP contribution in [0.25, 0.3) is 0 Å². The molecule has 1 heterocycles. The molecule has 1 aliphatic heterocycles. The molecule has 0 aliphatic carbocycles. The maximum Gasteiger partial charge on any atom is 0.269 e. The minimum atomic E-state index is -0.478. The fraction of sp³-hybridized carbons (Fsp3) is 0.0952. The summed E-state index contributed by atoms with van der Waals surface area (Å²) in [6.45, 7) is 0. The van der Waals surface area contributed by atoms with Crippen LogP contribution < -0.4 is 9.64 Å². The number of amides is 1.